The lowest BCUT2D eigenvalue weighted by Gasteiger charge is -2.31. The summed E-state index contributed by atoms with van der Waals surface area (Å²) in [7, 11) is 0. The predicted octanol–water partition coefficient (Wildman–Crippen LogP) is 2.65. The van der Waals surface area contributed by atoms with E-state index in [2.05, 4.69) is 10.6 Å². The fourth-order valence-electron chi connectivity index (χ4n) is 2.75. The summed E-state index contributed by atoms with van der Waals surface area (Å²) in [4.78, 5) is 23.6. The van der Waals surface area contributed by atoms with Gasteiger partial charge < -0.3 is 10.6 Å². The van der Waals surface area contributed by atoms with Crippen LogP contribution < -0.4 is 10.6 Å². The second kappa shape index (κ2) is 7.48. The molecule has 1 fully saturated rings. The lowest BCUT2D eigenvalue weighted by atomic mass is 9.85. The highest BCUT2D eigenvalue weighted by Crippen LogP contribution is 2.37. The van der Waals surface area contributed by atoms with Crippen molar-refractivity contribution in [1.29, 1.82) is 0 Å². The van der Waals surface area contributed by atoms with E-state index in [4.69, 9.17) is 0 Å². The van der Waals surface area contributed by atoms with Crippen molar-refractivity contribution in [2.24, 2.45) is 5.92 Å². The molecule has 0 aliphatic heterocycles. The van der Waals surface area contributed by atoms with Crippen molar-refractivity contribution < 1.29 is 22.8 Å². The minimum atomic E-state index is -4.22. The first-order valence-corrected chi connectivity index (χ1v) is 7.55. The average molecular weight is 328 g/mol. The van der Waals surface area contributed by atoms with Crippen LogP contribution in [0.4, 0.5) is 13.2 Å². The van der Waals surface area contributed by atoms with Crippen LogP contribution in [-0.2, 0) is 4.79 Å². The number of hydrogen-bond acceptors (Lipinski definition) is 2. The van der Waals surface area contributed by atoms with Crippen molar-refractivity contribution in [2.75, 3.05) is 6.54 Å². The van der Waals surface area contributed by atoms with E-state index >= 15 is 0 Å². The Morgan fingerprint density at radius 2 is 1.83 bits per heavy atom. The van der Waals surface area contributed by atoms with Gasteiger partial charge in [-0.15, -0.1) is 0 Å². The summed E-state index contributed by atoms with van der Waals surface area (Å²) >= 11 is 0. The quantitative estimate of drug-likeness (QED) is 0.893. The molecule has 1 aliphatic rings. The number of halogens is 3. The number of alkyl halides is 3. The van der Waals surface area contributed by atoms with Crippen molar-refractivity contribution in [3.63, 3.8) is 0 Å². The Kier molecular flexibility index (Phi) is 5.63. The third kappa shape index (κ3) is 5.26. The highest BCUT2D eigenvalue weighted by molar-refractivity contribution is 5.96. The highest BCUT2D eigenvalue weighted by atomic mass is 19.4. The highest BCUT2D eigenvalue weighted by Gasteiger charge is 2.42. The Labute approximate surface area is 132 Å². The summed E-state index contributed by atoms with van der Waals surface area (Å²) in [5.74, 6) is -2.22. The third-order valence-electron chi connectivity index (χ3n) is 3.95. The second-order valence-electron chi connectivity index (χ2n) is 5.72. The predicted molar refractivity (Wildman–Crippen MR) is 78.7 cm³/mol. The Balaban J connectivity index is 1.77. The summed E-state index contributed by atoms with van der Waals surface area (Å²) in [6.07, 6.45) is -3.23. The first-order valence-electron chi connectivity index (χ1n) is 7.55. The van der Waals surface area contributed by atoms with E-state index in [0.29, 0.717) is 18.4 Å². The van der Waals surface area contributed by atoms with Gasteiger partial charge in [0.1, 0.15) is 0 Å². The summed E-state index contributed by atoms with van der Waals surface area (Å²) in [6.45, 7) is -0.249. The van der Waals surface area contributed by atoms with Gasteiger partial charge in [-0.05, 0) is 31.4 Å². The Morgan fingerprint density at radius 3 is 2.48 bits per heavy atom. The first-order chi connectivity index (χ1) is 10.9. The molecule has 2 N–H and O–H groups in total. The summed E-state index contributed by atoms with van der Waals surface area (Å²) < 4.78 is 38.2. The minimum absolute atomic E-state index is 0.0954. The molecule has 1 aliphatic carbocycles. The molecule has 1 aromatic carbocycles. The number of amides is 2. The zero-order valence-electron chi connectivity index (χ0n) is 12.5. The van der Waals surface area contributed by atoms with Crippen LogP contribution in [0.5, 0.6) is 0 Å². The van der Waals surface area contributed by atoms with Crippen LogP contribution in [0.3, 0.4) is 0 Å². The van der Waals surface area contributed by atoms with E-state index < -0.39 is 30.0 Å². The van der Waals surface area contributed by atoms with Crippen molar-refractivity contribution >= 4 is 11.8 Å². The zero-order chi connectivity index (χ0) is 16.9. The average Bonchev–Trinajstić information content (AvgIpc) is 2.53. The van der Waals surface area contributed by atoms with Crippen LogP contribution in [0, 0.1) is 5.92 Å². The normalized spacial score (nSPS) is 21.5. The molecular weight excluding hydrogens is 309 g/mol. The SMILES string of the molecule is O=C(CNC(=O)c1ccccc1)N[C@H]1CCC[C@@H](C(F)(F)F)C1. The molecule has 1 saturated carbocycles. The van der Waals surface area contributed by atoms with Crippen LogP contribution >= 0.6 is 0 Å². The molecule has 0 heterocycles. The van der Waals surface area contributed by atoms with Gasteiger partial charge in [0.25, 0.3) is 5.91 Å². The number of carbonyl (C=O) groups excluding carboxylic acids is 2. The van der Waals surface area contributed by atoms with Gasteiger partial charge in [-0.25, -0.2) is 0 Å². The van der Waals surface area contributed by atoms with Crippen LogP contribution in [0.25, 0.3) is 0 Å². The maximum Gasteiger partial charge on any atom is 0.391 e. The van der Waals surface area contributed by atoms with Crippen LogP contribution in [0.2, 0.25) is 0 Å². The maximum atomic E-state index is 12.7. The maximum absolute atomic E-state index is 12.7. The molecule has 0 spiro atoms. The fraction of sp³-hybridized carbons (Fsp3) is 0.500. The van der Waals surface area contributed by atoms with E-state index in [-0.39, 0.29) is 19.4 Å². The lowest BCUT2D eigenvalue weighted by Crippen LogP contribution is -2.45. The van der Waals surface area contributed by atoms with Gasteiger partial charge in [0.15, 0.2) is 0 Å². The smallest absolute Gasteiger partial charge is 0.352 e. The minimum Gasteiger partial charge on any atom is -0.352 e. The monoisotopic (exact) mass is 328 g/mol. The molecule has 7 heteroatoms. The van der Waals surface area contributed by atoms with E-state index in [9.17, 15) is 22.8 Å². The Morgan fingerprint density at radius 1 is 1.13 bits per heavy atom. The molecule has 23 heavy (non-hydrogen) atoms. The summed E-state index contributed by atoms with van der Waals surface area (Å²) in [6, 6.07) is 7.91. The van der Waals surface area contributed by atoms with Crippen LogP contribution in [-0.4, -0.2) is 30.6 Å². The molecule has 126 valence electrons. The largest absolute Gasteiger partial charge is 0.391 e. The van der Waals surface area contributed by atoms with Gasteiger partial charge >= 0.3 is 6.18 Å². The van der Waals surface area contributed by atoms with E-state index in [1.54, 1.807) is 30.3 Å². The van der Waals surface area contributed by atoms with Crippen LogP contribution in [0.15, 0.2) is 30.3 Å². The molecule has 0 saturated heterocycles. The Hall–Kier alpha value is -2.05. The second-order valence-corrected chi connectivity index (χ2v) is 5.72. The van der Waals surface area contributed by atoms with Gasteiger partial charge in [0.05, 0.1) is 12.5 Å². The van der Waals surface area contributed by atoms with Crippen molar-refractivity contribution in [3.8, 4) is 0 Å². The van der Waals surface area contributed by atoms with Gasteiger partial charge in [-0.2, -0.15) is 13.2 Å². The molecule has 2 amide bonds. The van der Waals surface area contributed by atoms with E-state index in [1.807, 2.05) is 0 Å². The molecular formula is C16H19F3N2O2. The number of benzene rings is 1. The molecule has 2 atom stereocenters. The van der Waals surface area contributed by atoms with Crippen LogP contribution in [0.1, 0.15) is 36.0 Å². The Bertz CT molecular complexity index is 546. The zero-order valence-corrected chi connectivity index (χ0v) is 12.5. The molecule has 0 radical (unpaired) electrons. The molecule has 0 bridgehead atoms. The number of rotatable bonds is 4. The summed E-state index contributed by atoms with van der Waals surface area (Å²) in [5, 5.41) is 5.03. The molecule has 2 rings (SSSR count). The lowest BCUT2D eigenvalue weighted by molar-refractivity contribution is -0.184. The van der Waals surface area contributed by atoms with E-state index in [1.165, 1.54) is 0 Å². The number of hydrogen-bond donors (Lipinski definition) is 2. The van der Waals surface area contributed by atoms with Gasteiger partial charge in [0, 0.05) is 11.6 Å². The molecule has 1 aromatic rings. The standard InChI is InChI=1S/C16H19F3N2O2/c17-16(18,19)12-7-4-8-13(9-12)21-14(22)10-20-15(23)11-5-2-1-3-6-11/h1-3,5-6,12-13H,4,7-10H2,(H,20,23)(H,21,22)/t12-,13+/m1/s1. The van der Waals surface area contributed by atoms with E-state index in [0.717, 1.165) is 0 Å². The molecule has 0 unspecified atom stereocenters. The topological polar surface area (TPSA) is 58.2 Å². The van der Waals surface area contributed by atoms with Gasteiger partial charge in [0.2, 0.25) is 5.91 Å². The van der Waals surface area contributed by atoms with Crippen molar-refractivity contribution in [3.05, 3.63) is 35.9 Å². The van der Waals surface area contributed by atoms with Crippen molar-refractivity contribution in [1.82, 2.24) is 10.6 Å². The third-order valence-corrected chi connectivity index (χ3v) is 3.95. The van der Waals surface area contributed by atoms with Crippen molar-refractivity contribution in [2.45, 2.75) is 37.9 Å². The molecule has 0 aromatic heterocycles. The fourth-order valence-corrected chi connectivity index (χ4v) is 2.75. The van der Waals surface area contributed by atoms with Gasteiger partial charge in [-0.3, -0.25) is 9.59 Å². The van der Waals surface area contributed by atoms with Gasteiger partial charge in [-0.1, -0.05) is 24.6 Å². The molecule has 4 nitrogen and oxygen atoms in total. The summed E-state index contributed by atoms with van der Waals surface area (Å²) in [5.41, 5.74) is 0.426. The number of nitrogens with one attached hydrogen (secondary N) is 2. The number of carbonyl (C=O) groups is 2. The first kappa shape index (κ1) is 17.3.